The van der Waals surface area contributed by atoms with Crippen molar-refractivity contribution < 1.29 is 44.0 Å². The van der Waals surface area contributed by atoms with Crippen molar-refractivity contribution in [2.24, 2.45) is 29.1 Å². The molecule has 15 heteroatoms. The molecule has 0 radical (unpaired) electrons. The summed E-state index contributed by atoms with van der Waals surface area (Å²) < 4.78 is 6.40. The lowest BCUT2D eigenvalue weighted by Crippen LogP contribution is -2.53. The van der Waals surface area contributed by atoms with Gasteiger partial charge >= 0.3 is 17.9 Å². The monoisotopic (exact) mass is 767 g/mol. The summed E-state index contributed by atoms with van der Waals surface area (Å²) >= 11 is 1.46. The molecule has 0 aromatic carbocycles. The number of aliphatic hydroxyl groups excluding tert-OH is 1. The highest BCUT2D eigenvalue weighted by atomic mass is 32.2. The summed E-state index contributed by atoms with van der Waals surface area (Å²) in [6, 6.07) is 1.73. The third-order valence-electron chi connectivity index (χ3n) is 12.3. The molecule has 6 atom stereocenters. The van der Waals surface area contributed by atoms with Crippen molar-refractivity contribution in [2.45, 2.75) is 107 Å². The Morgan fingerprint density at radius 1 is 1.02 bits per heavy atom. The summed E-state index contributed by atoms with van der Waals surface area (Å²) in [7, 11) is 1.65. The molecule has 7 rings (SSSR count). The topological polar surface area (TPSA) is 216 Å². The maximum absolute atomic E-state index is 13.9. The van der Waals surface area contributed by atoms with Gasteiger partial charge in [0.25, 0.3) is 0 Å². The molecular weight excluding hydrogens is 715 g/mol. The summed E-state index contributed by atoms with van der Waals surface area (Å²) in [5, 5.41) is 39.1. The molecule has 6 aliphatic rings. The van der Waals surface area contributed by atoms with Gasteiger partial charge in [-0.3, -0.25) is 29.5 Å². The smallest absolute Gasteiger partial charge is 0.353 e. The number of amides is 2. The summed E-state index contributed by atoms with van der Waals surface area (Å²) in [5.41, 5.74) is 3.21. The maximum Gasteiger partial charge on any atom is 0.353 e. The molecule has 2 saturated carbocycles. The number of hydrogen-bond donors (Lipinski definition) is 7. The van der Waals surface area contributed by atoms with Gasteiger partial charge in [0.15, 0.2) is 0 Å². The molecule has 2 bridgehead atoms. The number of aromatic nitrogens is 1. The first kappa shape index (κ1) is 39.9. The number of fused-ring (bicyclic) bond motifs is 2. The van der Waals surface area contributed by atoms with Crippen LogP contribution in [-0.2, 0) is 35.1 Å². The first-order valence-corrected chi connectivity index (χ1v) is 20.3. The van der Waals surface area contributed by atoms with Gasteiger partial charge in [-0.25, -0.2) is 4.79 Å². The van der Waals surface area contributed by atoms with Crippen molar-refractivity contribution in [2.75, 3.05) is 19.5 Å². The fraction of sp³-hybridized carbons (Fsp3) is 0.641. The van der Waals surface area contributed by atoms with E-state index in [4.69, 9.17) is 4.74 Å². The number of hydrogen-bond acceptors (Lipinski definition) is 11. The zero-order valence-electron chi connectivity index (χ0n) is 30.8. The highest BCUT2D eigenvalue weighted by molar-refractivity contribution is 8.00. The van der Waals surface area contributed by atoms with E-state index in [-0.39, 0.29) is 47.8 Å². The minimum atomic E-state index is -2.19. The first-order valence-electron chi connectivity index (χ1n) is 19.3. The highest BCUT2D eigenvalue weighted by Crippen LogP contribution is 2.61. The van der Waals surface area contributed by atoms with Gasteiger partial charge in [0, 0.05) is 31.2 Å². The zero-order valence-corrected chi connectivity index (χ0v) is 31.6. The number of aliphatic hydroxyl groups is 1. The summed E-state index contributed by atoms with van der Waals surface area (Å²) in [6.07, 6.45) is 14.1. The Morgan fingerprint density at radius 2 is 1.74 bits per heavy atom. The molecule has 2 amide bonds. The molecule has 7 N–H and O–H groups in total. The number of carboxylic acids is 2. The third-order valence-corrected chi connectivity index (χ3v) is 13.8. The molecule has 5 aliphatic carbocycles. The Kier molecular flexibility index (Phi) is 13.1. The number of nitrogens with zero attached hydrogens (tertiary/aromatic N) is 1. The van der Waals surface area contributed by atoms with Gasteiger partial charge in [-0.15, -0.1) is 11.8 Å². The van der Waals surface area contributed by atoms with E-state index in [1.807, 2.05) is 12.1 Å². The lowest BCUT2D eigenvalue weighted by Gasteiger charge is -2.48. The molecule has 2 fully saturated rings. The van der Waals surface area contributed by atoms with Gasteiger partial charge in [0.05, 0.1) is 5.25 Å². The van der Waals surface area contributed by atoms with Crippen LogP contribution in [0.4, 0.5) is 0 Å². The Labute approximate surface area is 319 Å². The Bertz CT molecular complexity index is 1620. The molecule has 294 valence electrons. The average molecular weight is 768 g/mol. The van der Waals surface area contributed by atoms with Crippen LogP contribution in [0.25, 0.3) is 0 Å². The van der Waals surface area contributed by atoms with E-state index in [1.54, 1.807) is 19.4 Å². The molecule has 1 aromatic heterocycles. The van der Waals surface area contributed by atoms with Gasteiger partial charge in [-0.2, -0.15) is 0 Å². The van der Waals surface area contributed by atoms with Gasteiger partial charge in [-0.05, 0) is 105 Å². The summed E-state index contributed by atoms with van der Waals surface area (Å²) in [6.45, 7) is 0.212. The molecule has 0 saturated heterocycles. The number of carboxylic acid groups (broad SMARTS) is 2. The molecule has 1 spiro atoms. The predicted octanol–water partition coefficient (Wildman–Crippen LogP) is 2.87. The van der Waals surface area contributed by atoms with E-state index in [2.05, 4.69) is 32.3 Å². The van der Waals surface area contributed by atoms with E-state index in [1.165, 1.54) is 17.3 Å². The molecule has 1 aromatic rings. The second-order valence-electron chi connectivity index (χ2n) is 15.6. The van der Waals surface area contributed by atoms with Crippen molar-refractivity contribution in [3.63, 3.8) is 0 Å². The first-order chi connectivity index (χ1) is 26.0. The third kappa shape index (κ3) is 9.01. The second kappa shape index (κ2) is 17.8. The number of aliphatic carboxylic acids is 2. The quantitative estimate of drug-likeness (QED) is 0.0733. The molecule has 2 heterocycles. The summed E-state index contributed by atoms with van der Waals surface area (Å²) in [5.74, 6) is -3.22. The van der Waals surface area contributed by atoms with Crippen LogP contribution in [0.3, 0.4) is 0 Å². The molecule has 14 nitrogen and oxygen atoms in total. The van der Waals surface area contributed by atoms with E-state index in [9.17, 15) is 39.3 Å². The predicted molar refractivity (Wildman–Crippen MR) is 199 cm³/mol. The fourth-order valence-electron chi connectivity index (χ4n) is 9.71. The number of thioether (sulfide) groups is 1. The molecule has 0 unspecified atom stereocenters. The standard InChI is InChI=1S/C39H53N5O9S/c1-40-21-42-28(36(48)49)8-9-30(45)43-29(34(46)44-35(47)37(50)51)20-54-33-32-31-25(17-22-4-6-26(7-5-22)39(33)12-2-3-13-39)18-24(19-27(31)38(52)53-32)16-23-10-14-41-15-11-23/h10-11,14-15,19,22,25-29,33,35,40,42,47H,2-9,12-13,16-18,20-21H2,1H3,(H,43,45)(H,44,46)(H,48,49)(H,50,51)/t22?,25-,26?,27+,28-,29-,33-,35-/m0/s1. The van der Waals surface area contributed by atoms with Crippen LogP contribution in [0.2, 0.25) is 0 Å². The van der Waals surface area contributed by atoms with E-state index in [0.717, 1.165) is 81.8 Å². The van der Waals surface area contributed by atoms with Crippen molar-refractivity contribution >= 4 is 41.5 Å². The van der Waals surface area contributed by atoms with Crippen molar-refractivity contribution in [1.82, 2.24) is 26.3 Å². The fourth-order valence-corrected chi connectivity index (χ4v) is 11.4. The molecule has 54 heavy (non-hydrogen) atoms. The van der Waals surface area contributed by atoms with Crippen LogP contribution in [0.1, 0.15) is 82.6 Å². The minimum Gasteiger partial charge on any atom is -0.480 e. The largest absolute Gasteiger partial charge is 0.480 e. The average Bonchev–Trinajstić information content (AvgIpc) is 3.77. The van der Waals surface area contributed by atoms with Gasteiger partial charge in [-0.1, -0.05) is 37.3 Å². The molecular formula is C39H53N5O9S. The van der Waals surface area contributed by atoms with Crippen molar-refractivity contribution in [3.8, 4) is 0 Å². The van der Waals surface area contributed by atoms with Crippen molar-refractivity contribution in [3.05, 3.63) is 53.1 Å². The molecule has 1 aliphatic heterocycles. The lowest BCUT2D eigenvalue weighted by atomic mass is 9.60. The maximum atomic E-state index is 13.9. The van der Waals surface area contributed by atoms with E-state index >= 15 is 0 Å². The van der Waals surface area contributed by atoms with Gasteiger partial charge in [0.2, 0.25) is 18.0 Å². The van der Waals surface area contributed by atoms with E-state index < -0.39 is 48.0 Å². The van der Waals surface area contributed by atoms with Crippen LogP contribution in [0, 0.1) is 29.1 Å². The number of carbonyl (C=O) groups is 5. The number of ether oxygens (including phenoxy) is 1. The highest BCUT2D eigenvalue weighted by Gasteiger charge is 2.55. The number of esters is 1. The Balaban J connectivity index is 1.32. The van der Waals surface area contributed by atoms with Gasteiger partial charge in [0.1, 0.15) is 23.8 Å². The Hall–Kier alpha value is -3.79. The van der Waals surface area contributed by atoms with Crippen LogP contribution < -0.4 is 21.3 Å². The van der Waals surface area contributed by atoms with E-state index in [0.29, 0.717) is 17.6 Å². The number of pyridine rings is 1. The van der Waals surface area contributed by atoms with Gasteiger partial charge < -0.3 is 36.0 Å². The van der Waals surface area contributed by atoms with Crippen LogP contribution in [0.15, 0.2) is 47.5 Å². The minimum absolute atomic E-state index is 0.0127. The number of carbonyl (C=O) groups excluding carboxylic acids is 3. The number of rotatable bonds is 16. The number of nitrogens with one attached hydrogen (secondary N) is 4. The Morgan fingerprint density at radius 3 is 2.41 bits per heavy atom. The number of allylic oxidation sites excluding steroid dienone is 1. The normalized spacial score (nSPS) is 27.3. The summed E-state index contributed by atoms with van der Waals surface area (Å²) in [4.78, 5) is 68.1. The zero-order chi connectivity index (χ0) is 38.4. The lowest BCUT2D eigenvalue weighted by molar-refractivity contribution is -0.151. The van der Waals surface area contributed by atoms with Crippen molar-refractivity contribution in [1.29, 1.82) is 0 Å². The van der Waals surface area contributed by atoms with Crippen LogP contribution in [0.5, 0.6) is 0 Å². The SMILES string of the molecule is CNCN[C@@H](CCC(=O)N[C@@H](CS[C@H]1C2=C3[C@H](CC(Cc4ccncc4)=C[C@H]3C(=O)O2)CC2CCC(CC2)C12CCCC2)C(=O)N[C@@H](O)C(=O)O)C(=O)O. The van der Waals surface area contributed by atoms with Crippen LogP contribution >= 0.6 is 11.8 Å². The van der Waals surface area contributed by atoms with Crippen LogP contribution in [-0.4, -0.2) is 93.1 Å². The second-order valence-corrected chi connectivity index (χ2v) is 16.8.